The summed E-state index contributed by atoms with van der Waals surface area (Å²) in [5, 5.41) is 2.55. The van der Waals surface area contributed by atoms with Gasteiger partial charge in [-0.25, -0.2) is 0 Å². The number of hydrogen-bond donors (Lipinski definition) is 1. The second kappa shape index (κ2) is 5.65. The van der Waals surface area contributed by atoms with Crippen LogP contribution in [0.5, 0.6) is 0 Å². The summed E-state index contributed by atoms with van der Waals surface area (Å²) >= 11 is 0. The molecular weight excluding hydrogens is 142 g/mol. The van der Waals surface area contributed by atoms with Crippen molar-refractivity contribution in [1.82, 2.24) is 5.32 Å². The number of likely N-dealkylation sites (N-methyl/N-ethyl adjacent to an activating group) is 1. The smallest absolute Gasteiger partial charge is 0.244 e. The van der Waals surface area contributed by atoms with Gasteiger partial charge in [-0.3, -0.25) is 9.59 Å². The van der Waals surface area contributed by atoms with Gasteiger partial charge in [-0.2, -0.15) is 0 Å². The summed E-state index contributed by atoms with van der Waals surface area (Å²) in [7, 11) is 0. The van der Waals surface area contributed by atoms with Gasteiger partial charge in [0.05, 0.1) is 0 Å². The van der Waals surface area contributed by atoms with Crippen LogP contribution >= 0.6 is 0 Å². The van der Waals surface area contributed by atoms with Crippen LogP contribution < -0.4 is 5.32 Å². The number of allylic oxidation sites excluding steroid dienone is 1. The molecule has 0 spiro atoms. The standard InChI is InChI=1S/C8H13NO2/c1-3-7(10)5-6-8(11)9-4-2/h5-6H,3-4H2,1-2H3,(H,9,11)/b6-5-. The first kappa shape index (κ1) is 9.88. The monoisotopic (exact) mass is 155 g/mol. The van der Waals surface area contributed by atoms with Gasteiger partial charge < -0.3 is 5.32 Å². The molecule has 11 heavy (non-hydrogen) atoms. The molecule has 3 nitrogen and oxygen atoms in total. The summed E-state index contributed by atoms with van der Waals surface area (Å²) in [6, 6.07) is 0. The fourth-order valence-electron chi connectivity index (χ4n) is 0.520. The van der Waals surface area contributed by atoms with Crippen molar-refractivity contribution in [3.63, 3.8) is 0 Å². The third-order valence-corrected chi connectivity index (χ3v) is 1.12. The summed E-state index contributed by atoms with van der Waals surface area (Å²) < 4.78 is 0. The highest BCUT2D eigenvalue weighted by atomic mass is 16.1. The Kier molecular flexibility index (Phi) is 5.07. The molecule has 0 fully saturated rings. The Morgan fingerprint density at radius 1 is 1.27 bits per heavy atom. The zero-order chi connectivity index (χ0) is 8.69. The zero-order valence-electron chi connectivity index (χ0n) is 6.89. The number of rotatable bonds is 4. The molecule has 0 saturated carbocycles. The van der Waals surface area contributed by atoms with Gasteiger partial charge in [-0.15, -0.1) is 0 Å². The minimum absolute atomic E-state index is 0.0312. The molecule has 1 amide bonds. The Morgan fingerprint density at radius 3 is 2.36 bits per heavy atom. The van der Waals surface area contributed by atoms with Crippen molar-refractivity contribution in [3.8, 4) is 0 Å². The van der Waals surface area contributed by atoms with E-state index < -0.39 is 0 Å². The van der Waals surface area contributed by atoms with Crippen LogP contribution in [-0.4, -0.2) is 18.2 Å². The second-order valence-corrected chi connectivity index (χ2v) is 2.05. The first-order valence-corrected chi connectivity index (χ1v) is 3.69. The Balaban J connectivity index is 3.73. The molecule has 0 atom stereocenters. The number of ketones is 1. The van der Waals surface area contributed by atoms with Crippen LogP contribution in [0.1, 0.15) is 20.3 Å². The molecule has 0 aromatic heterocycles. The molecule has 0 saturated heterocycles. The molecule has 0 aromatic carbocycles. The van der Waals surface area contributed by atoms with E-state index in [9.17, 15) is 9.59 Å². The quantitative estimate of drug-likeness (QED) is 0.606. The maximum absolute atomic E-state index is 10.7. The van der Waals surface area contributed by atoms with Crippen LogP contribution in [0.2, 0.25) is 0 Å². The predicted octanol–water partition coefficient (Wildman–Crippen LogP) is 0.658. The van der Waals surface area contributed by atoms with Gasteiger partial charge in [0.1, 0.15) is 0 Å². The molecule has 0 heterocycles. The Hall–Kier alpha value is -1.12. The molecule has 0 aromatic rings. The highest BCUT2D eigenvalue weighted by molar-refractivity contribution is 5.97. The molecule has 62 valence electrons. The molecule has 0 rings (SSSR count). The first-order valence-electron chi connectivity index (χ1n) is 3.69. The van der Waals surface area contributed by atoms with Crippen LogP contribution in [0.25, 0.3) is 0 Å². The molecule has 0 unspecified atom stereocenters. The van der Waals surface area contributed by atoms with Crippen molar-refractivity contribution in [2.75, 3.05) is 6.54 Å². The Labute approximate surface area is 66.5 Å². The van der Waals surface area contributed by atoms with E-state index in [0.717, 1.165) is 0 Å². The second-order valence-electron chi connectivity index (χ2n) is 2.05. The lowest BCUT2D eigenvalue weighted by molar-refractivity contribution is -0.117. The van der Waals surface area contributed by atoms with Crippen molar-refractivity contribution in [2.24, 2.45) is 0 Å². The van der Waals surface area contributed by atoms with Crippen LogP contribution in [0.4, 0.5) is 0 Å². The van der Waals surface area contributed by atoms with E-state index in [2.05, 4.69) is 5.32 Å². The number of nitrogens with one attached hydrogen (secondary N) is 1. The molecule has 3 heteroatoms. The van der Waals surface area contributed by atoms with Crippen LogP contribution in [0, 0.1) is 0 Å². The molecule has 1 N–H and O–H groups in total. The highest BCUT2D eigenvalue weighted by Crippen LogP contribution is 1.82. The topological polar surface area (TPSA) is 46.2 Å². The van der Waals surface area contributed by atoms with Gasteiger partial charge >= 0.3 is 0 Å². The van der Waals surface area contributed by atoms with E-state index in [1.54, 1.807) is 6.92 Å². The van der Waals surface area contributed by atoms with Crippen molar-refractivity contribution in [1.29, 1.82) is 0 Å². The normalized spacial score (nSPS) is 10.0. The van der Waals surface area contributed by atoms with E-state index >= 15 is 0 Å². The third-order valence-electron chi connectivity index (χ3n) is 1.12. The van der Waals surface area contributed by atoms with E-state index in [4.69, 9.17) is 0 Å². The van der Waals surface area contributed by atoms with Gasteiger partial charge in [0.25, 0.3) is 0 Å². The largest absolute Gasteiger partial charge is 0.353 e. The fourth-order valence-corrected chi connectivity index (χ4v) is 0.520. The van der Waals surface area contributed by atoms with Crippen LogP contribution in [-0.2, 0) is 9.59 Å². The lowest BCUT2D eigenvalue weighted by Gasteiger charge is -1.92. The maximum Gasteiger partial charge on any atom is 0.244 e. The lowest BCUT2D eigenvalue weighted by Crippen LogP contribution is -2.20. The summed E-state index contributed by atoms with van der Waals surface area (Å²) in [4.78, 5) is 21.4. The van der Waals surface area contributed by atoms with Crippen molar-refractivity contribution in [2.45, 2.75) is 20.3 Å². The maximum atomic E-state index is 10.7. The highest BCUT2D eigenvalue weighted by Gasteiger charge is 1.93. The molecule has 0 aliphatic heterocycles. The number of hydrogen-bond acceptors (Lipinski definition) is 2. The van der Waals surface area contributed by atoms with Crippen molar-refractivity contribution in [3.05, 3.63) is 12.2 Å². The first-order chi connectivity index (χ1) is 5.20. The average Bonchev–Trinajstić information content (AvgIpc) is 2.01. The van der Waals surface area contributed by atoms with Gasteiger partial charge in [0.15, 0.2) is 5.78 Å². The molecule has 0 radical (unpaired) electrons. The summed E-state index contributed by atoms with van der Waals surface area (Å²) in [5.74, 6) is -0.245. The lowest BCUT2D eigenvalue weighted by atomic mass is 10.3. The van der Waals surface area contributed by atoms with Crippen LogP contribution in [0.15, 0.2) is 12.2 Å². The summed E-state index contributed by atoms with van der Waals surface area (Å²) in [6.07, 6.45) is 3.00. The predicted molar refractivity (Wildman–Crippen MR) is 43.1 cm³/mol. The molecular formula is C8H13NO2. The summed E-state index contributed by atoms with van der Waals surface area (Å²) in [6.45, 7) is 4.17. The number of carbonyl (C=O) groups is 2. The van der Waals surface area contributed by atoms with E-state index in [1.165, 1.54) is 12.2 Å². The molecule has 0 bridgehead atoms. The van der Waals surface area contributed by atoms with Crippen molar-refractivity contribution < 1.29 is 9.59 Å². The SMILES string of the molecule is CCNC(=O)/C=C\C(=O)CC. The van der Waals surface area contributed by atoms with Crippen molar-refractivity contribution >= 4 is 11.7 Å². The van der Waals surface area contributed by atoms with Gasteiger partial charge in [0.2, 0.25) is 5.91 Å². The fraction of sp³-hybridized carbons (Fsp3) is 0.500. The Bertz CT molecular complexity index is 173. The van der Waals surface area contributed by atoms with E-state index in [-0.39, 0.29) is 11.7 Å². The third kappa shape index (κ3) is 5.33. The Morgan fingerprint density at radius 2 is 1.91 bits per heavy atom. The van der Waals surface area contributed by atoms with Crippen LogP contribution in [0.3, 0.4) is 0 Å². The zero-order valence-corrected chi connectivity index (χ0v) is 6.89. The molecule has 0 aliphatic rings. The average molecular weight is 155 g/mol. The number of amides is 1. The van der Waals surface area contributed by atoms with E-state index in [0.29, 0.717) is 13.0 Å². The summed E-state index contributed by atoms with van der Waals surface area (Å²) in [5.41, 5.74) is 0. The minimum Gasteiger partial charge on any atom is -0.353 e. The minimum atomic E-state index is -0.214. The van der Waals surface area contributed by atoms with Gasteiger partial charge in [0, 0.05) is 19.0 Å². The van der Waals surface area contributed by atoms with E-state index in [1.807, 2.05) is 6.92 Å². The molecule has 0 aliphatic carbocycles. The van der Waals surface area contributed by atoms with Gasteiger partial charge in [-0.05, 0) is 13.0 Å². The van der Waals surface area contributed by atoms with Gasteiger partial charge in [-0.1, -0.05) is 6.92 Å². The number of carbonyl (C=O) groups excluding carboxylic acids is 2.